The van der Waals surface area contributed by atoms with Gasteiger partial charge in [0.1, 0.15) is 0 Å². The van der Waals surface area contributed by atoms with Crippen LogP contribution in [0.4, 0.5) is 0 Å². The van der Waals surface area contributed by atoms with E-state index in [0.29, 0.717) is 12.1 Å². The van der Waals surface area contributed by atoms with Crippen molar-refractivity contribution in [2.75, 3.05) is 27.2 Å². The van der Waals surface area contributed by atoms with Crippen molar-refractivity contribution in [3.8, 4) is 0 Å². The molecule has 2 unspecified atom stereocenters. The summed E-state index contributed by atoms with van der Waals surface area (Å²) in [4.78, 5) is 7.11. The zero-order valence-electron chi connectivity index (χ0n) is 15.5. The number of hydrogen-bond donors (Lipinski definition) is 2. The number of likely N-dealkylation sites (tertiary alicyclic amines) is 1. The third-order valence-electron chi connectivity index (χ3n) is 6.75. The Hall–Kier alpha value is -0.810. The van der Waals surface area contributed by atoms with Gasteiger partial charge in [0, 0.05) is 50.8 Å². The standard InChI is InChI=1S/C18H34N4O/c1-17(2)15(12-18(17,3)23-5)21-16(19-4)20-13-8-10-22(11-9-13)14-6-7-14/h13-15H,6-12H2,1-5H3,(H2,19,20,21). The lowest BCUT2D eigenvalue weighted by molar-refractivity contribution is -0.176. The zero-order valence-corrected chi connectivity index (χ0v) is 15.5. The Morgan fingerprint density at radius 2 is 1.74 bits per heavy atom. The molecule has 3 fully saturated rings. The highest BCUT2D eigenvalue weighted by atomic mass is 16.5. The predicted molar refractivity (Wildman–Crippen MR) is 94.8 cm³/mol. The lowest BCUT2D eigenvalue weighted by Crippen LogP contribution is -2.69. The Bertz CT molecular complexity index is 452. The first-order valence-corrected chi connectivity index (χ1v) is 9.18. The summed E-state index contributed by atoms with van der Waals surface area (Å²) in [6.45, 7) is 9.22. The number of aliphatic imine (C=N–C) groups is 1. The van der Waals surface area contributed by atoms with E-state index in [9.17, 15) is 0 Å². The van der Waals surface area contributed by atoms with Gasteiger partial charge in [0.2, 0.25) is 0 Å². The Labute approximate surface area is 141 Å². The van der Waals surface area contributed by atoms with Crippen LogP contribution in [0.3, 0.4) is 0 Å². The molecule has 1 aliphatic heterocycles. The molecule has 2 atom stereocenters. The molecule has 2 N–H and O–H groups in total. The number of rotatable bonds is 4. The molecule has 2 aliphatic carbocycles. The predicted octanol–water partition coefficient (Wildman–Crippen LogP) is 1.98. The van der Waals surface area contributed by atoms with Crippen LogP contribution in [0.15, 0.2) is 4.99 Å². The third-order valence-corrected chi connectivity index (χ3v) is 6.75. The van der Waals surface area contributed by atoms with E-state index in [-0.39, 0.29) is 11.0 Å². The zero-order chi connectivity index (χ0) is 16.7. The van der Waals surface area contributed by atoms with Crippen molar-refractivity contribution in [1.82, 2.24) is 15.5 Å². The van der Waals surface area contributed by atoms with Gasteiger partial charge < -0.3 is 20.3 Å². The maximum absolute atomic E-state index is 5.72. The summed E-state index contributed by atoms with van der Waals surface area (Å²) in [6, 6.07) is 1.86. The highest BCUT2D eigenvalue weighted by Gasteiger charge is 2.58. The average molecular weight is 322 g/mol. The number of piperidine rings is 1. The van der Waals surface area contributed by atoms with Crippen molar-refractivity contribution in [2.24, 2.45) is 10.4 Å². The van der Waals surface area contributed by atoms with E-state index in [1.807, 2.05) is 14.2 Å². The van der Waals surface area contributed by atoms with Gasteiger partial charge in [-0.05, 0) is 39.0 Å². The van der Waals surface area contributed by atoms with Crippen LogP contribution < -0.4 is 10.6 Å². The Morgan fingerprint density at radius 3 is 2.22 bits per heavy atom. The first kappa shape index (κ1) is 17.0. The molecule has 5 heteroatoms. The van der Waals surface area contributed by atoms with E-state index < -0.39 is 0 Å². The Morgan fingerprint density at radius 1 is 1.09 bits per heavy atom. The molecular formula is C18H34N4O. The van der Waals surface area contributed by atoms with Crippen LogP contribution in [0.25, 0.3) is 0 Å². The number of guanidine groups is 1. The van der Waals surface area contributed by atoms with Crippen molar-refractivity contribution in [3.63, 3.8) is 0 Å². The summed E-state index contributed by atoms with van der Waals surface area (Å²) in [5, 5.41) is 7.26. The lowest BCUT2D eigenvalue weighted by Gasteiger charge is -2.59. The van der Waals surface area contributed by atoms with Gasteiger partial charge in [-0.25, -0.2) is 0 Å². The Kier molecular flexibility index (Phi) is 4.62. The SMILES string of the molecule is CN=C(NC1CCN(C2CC2)CC1)NC1CC(C)(OC)C1(C)C. The van der Waals surface area contributed by atoms with Crippen molar-refractivity contribution in [3.05, 3.63) is 0 Å². The molecule has 1 saturated heterocycles. The second-order valence-electron chi connectivity index (χ2n) is 8.32. The summed E-state index contributed by atoms with van der Waals surface area (Å²) in [5.74, 6) is 0.950. The Balaban J connectivity index is 1.48. The fourth-order valence-corrected chi connectivity index (χ4v) is 4.10. The fourth-order valence-electron chi connectivity index (χ4n) is 4.10. The van der Waals surface area contributed by atoms with Crippen molar-refractivity contribution >= 4 is 5.96 Å². The van der Waals surface area contributed by atoms with Gasteiger partial charge in [-0.1, -0.05) is 13.8 Å². The second kappa shape index (κ2) is 6.25. The maximum Gasteiger partial charge on any atom is 0.191 e. The molecular weight excluding hydrogens is 288 g/mol. The average Bonchev–Trinajstić information content (AvgIpc) is 3.38. The molecule has 5 nitrogen and oxygen atoms in total. The minimum Gasteiger partial charge on any atom is -0.378 e. The van der Waals surface area contributed by atoms with E-state index in [1.54, 1.807) is 0 Å². The summed E-state index contributed by atoms with van der Waals surface area (Å²) in [5.41, 5.74) is 0.0633. The minimum absolute atomic E-state index is 0.0425. The maximum atomic E-state index is 5.72. The van der Waals surface area contributed by atoms with Gasteiger partial charge in [0.05, 0.1) is 5.60 Å². The van der Waals surface area contributed by atoms with Crippen LogP contribution in [0.2, 0.25) is 0 Å². The summed E-state index contributed by atoms with van der Waals surface area (Å²) in [7, 11) is 3.69. The van der Waals surface area contributed by atoms with Crippen molar-refractivity contribution in [2.45, 2.75) is 76.6 Å². The number of methoxy groups -OCH3 is 1. The molecule has 0 spiro atoms. The highest BCUT2D eigenvalue weighted by molar-refractivity contribution is 5.80. The number of ether oxygens (including phenoxy) is 1. The molecule has 1 heterocycles. The topological polar surface area (TPSA) is 48.9 Å². The van der Waals surface area contributed by atoms with Crippen molar-refractivity contribution in [1.29, 1.82) is 0 Å². The first-order valence-electron chi connectivity index (χ1n) is 9.18. The molecule has 0 aromatic rings. The molecule has 0 aromatic carbocycles. The molecule has 3 rings (SSSR count). The first-order chi connectivity index (χ1) is 10.9. The van der Waals surface area contributed by atoms with E-state index in [0.717, 1.165) is 18.4 Å². The van der Waals surface area contributed by atoms with Crippen LogP contribution in [-0.2, 0) is 4.74 Å². The summed E-state index contributed by atoms with van der Waals surface area (Å²) < 4.78 is 5.72. The number of nitrogens with zero attached hydrogens (tertiary/aromatic N) is 2. The van der Waals surface area contributed by atoms with Crippen molar-refractivity contribution < 1.29 is 4.74 Å². The molecule has 2 saturated carbocycles. The smallest absolute Gasteiger partial charge is 0.191 e. The largest absolute Gasteiger partial charge is 0.378 e. The number of hydrogen-bond acceptors (Lipinski definition) is 3. The number of nitrogens with one attached hydrogen (secondary N) is 2. The van der Waals surface area contributed by atoms with Gasteiger partial charge in [0.15, 0.2) is 5.96 Å². The van der Waals surface area contributed by atoms with E-state index in [2.05, 4.69) is 41.3 Å². The summed E-state index contributed by atoms with van der Waals surface area (Å²) in [6.07, 6.45) is 6.30. The second-order valence-corrected chi connectivity index (χ2v) is 8.32. The normalized spacial score (nSPS) is 35.7. The quantitative estimate of drug-likeness (QED) is 0.614. The van der Waals surface area contributed by atoms with Gasteiger partial charge >= 0.3 is 0 Å². The molecule has 0 bridgehead atoms. The van der Waals surface area contributed by atoms with Gasteiger partial charge in [-0.3, -0.25) is 4.99 Å². The summed E-state index contributed by atoms with van der Waals surface area (Å²) >= 11 is 0. The monoisotopic (exact) mass is 322 g/mol. The van der Waals surface area contributed by atoms with E-state index in [4.69, 9.17) is 4.74 Å². The van der Waals surface area contributed by atoms with Gasteiger partial charge in [-0.15, -0.1) is 0 Å². The van der Waals surface area contributed by atoms with Gasteiger partial charge in [-0.2, -0.15) is 0 Å². The fraction of sp³-hybridized carbons (Fsp3) is 0.944. The minimum atomic E-state index is -0.0425. The van der Waals surface area contributed by atoms with E-state index >= 15 is 0 Å². The highest BCUT2D eigenvalue weighted by Crippen LogP contribution is 2.51. The van der Waals surface area contributed by atoms with Gasteiger partial charge in [0.25, 0.3) is 0 Å². The van der Waals surface area contributed by atoms with Crippen LogP contribution in [0, 0.1) is 5.41 Å². The third kappa shape index (κ3) is 3.22. The van der Waals surface area contributed by atoms with Crippen LogP contribution in [0.5, 0.6) is 0 Å². The van der Waals surface area contributed by atoms with Crippen LogP contribution in [-0.4, -0.2) is 61.8 Å². The van der Waals surface area contributed by atoms with E-state index in [1.165, 1.54) is 38.8 Å². The molecule has 132 valence electrons. The van der Waals surface area contributed by atoms with Crippen LogP contribution in [0.1, 0.15) is 52.9 Å². The molecule has 23 heavy (non-hydrogen) atoms. The molecule has 0 aromatic heterocycles. The molecule has 3 aliphatic rings. The molecule has 0 amide bonds. The van der Waals surface area contributed by atoms with Crippen LogP contribution >= 0.6 is 0 Å². The molecule has 0 radical (unpaired) electrons. The lowest BCUT2D eigenvalue weighted by atomic mass is 9.56.